The van der Waals surface area contributed by atoms with E-state index in [2.05, 4.69) is 5.32 Å². The molecule has 124 valence electrons. The van der Waals surface area contributed by atoms with Crippen LogP contribution in [0.4, 0.5) is 5.69 Å². The zero-order valence-electron chi connectivity index (χ0n) is 13.3. The van der Waals surface area contributed by atoms with Gasteiger partial charge in [-0.15, -0.1) is 0 Å². The van der Waals surface area contributed by atoms with Crippen molar-refractivity contribution in [2.24, 2.45) is 0 Å². The average molecular weight is 320 g/mol. The molecule has 2 rings (SSSR count). The molecule has 0 radical (unpaired) electrons. The van der Waals surface area contributed by atoms with Crippen LogP contribution < -0.4 is 15.0 Å². The number of nitrogens with one attached hydrogen (secondary N) is 1. The van der Waals surface area contributed by atoms with Gasteiger partial charge in [0.1, 0.15) is 12.3 Å². The summed E-state index contributed by atoms with van der Waals surface area (Å²) < 4.78 is 10.3. The monoisotopic (exact) mass is 320 g/mol. The first-order valence-electron chi connectivity index (χ1n) is 7.36. The molecule has 0 aliphatic carbocycles. The molecule has 0 saturated heterocycles. The second kappa shape index (κ2) is 7.73. The third-order valence-electron chi connectivity index (χ3n) is 3.46. The summed E-state index contributed by atoms with van der Waals surface area (Å²) in [6.07, 6.45) is 0.699. The molecule has 0 fully saturated rings. The number of hydrogen-bond donors (Lipinski definition) is 1. The molecule has 1 N–H and O–H groups in total. The number of methoxy groups -OCH3 is 1. The third kappa shape index (κ3) is 4.29. The average Bonchev–Trinajstić information content (AvgIpc) is 2.53. The molecule has 7 nitrogen and oxygen atoms in total. The van der Waals surface area contributed by atoms with Gasteiger partial charge in [-0.05, 0) is 31.5 Å². The summed E-state index contributed by atoms with van der Waals surface area (Å²) in [6, 6.07) is 4.86. The molecule has 0 bridgehead atoms. The lowest BCUT2D eigenvalue weighted by Gasteiger charge is -2.29. The Kier molecular flexibility index (Phi) is 5.70. The largest absolute Gasteiger partial charge is 0.482 e. The van der Waals surface area contributed by atoms with E-state index in [1.165, 1.54) is 11.8 Å². The van der Waals surface area contributed by atoms with E-state index in [9.17, 15) is 14.4 Å². The second-order valence-electron chi connectivity index (χ2n) is 5.20. The molecule has 0 aromatic heterocycles. The lowest BCUT2D eigenvalue weighted by atomic mass is 10.1. The van der Waals surface area contributed by atoms with Crippen LogP contribution in [0.15, 0.2) is 18.2 Å². The molecule has 1 aromatic rings. The first-order chi connectivity index (χ1) is 11.0. The van der Waals surface area contributed by atoms with E-state index in [0.717, 1.165) is 0 Å². The molecule has 1 aromatic carbocycles. The molecular weight excluding hydrogens is 300 g/mol. The van der Waals surface area contributed by atoms with Gasteiger partial charge in [0, 0.05) is 25.8 Å². The van der Waals surface area contributed by atoms with Crippen molar-refractivity contribution < 1.29 is 23.9 Å². The maximum absolute atomic E-state index is 12.1. The van der Waals surface area contributed by atoms with Crippen LogP contribution in [0, 0.1) is 0 Å². The summed E-state index contributed by atoms with van der Waals surface area (Å²) in [5.74, 6) is -0.211. The fourth-order valence-electron chi connectivity index (χ4n) is 2.24. The quantitative estimate of drug-likeness (QED) is 0.592. The maximum Gasteiger partial charge on any atom is 0.265 e. The van der Waals surface area contributed by atoms with Gasteiger partial charge in [0.25, 0.3) is 5.91 Å². The summed E-state index contributed by atoms with van der Waals surface area (Å²) >= 11 is 0. The Labute approximate surface area is 134 Å². The molecule has 1 aliphatic heterocycles. The first-order valence-corrected chi connectivity index (χ1v) is 7.36. The normalized spacial score (nSPS) is 13.3. The van der Waals surface area contributed by atoms with Crippen molar-refractivity contribution in [1.29, 1.82) is 0 Å². The van der Waals surface area contributed by atoms with E-state index in [1.807, 2.05) is 0 Å². The van der Waals surface area contributed by atoms with Crippen LogP contribution in [-0.2, 0) is 14.3 Å². The van der Waals surface area contributed by atoms with Gasteiger partial charge in [-0.1, -0.05) is 0 Å². The van der Waals surface area contributed by atoms with Crippen molar-refractivity contribution in [1.82, 2.24) is 5.32 Å². The summed E-state index contributed by atoms with van der Waals surface area (Å²) in [6.45, 7) is 2.25. The minimum absolute atomic E-state index is 0.108. The van der Waals surface area contributed by atoms with Crippen molar-refractivity contribution in [2.45, 2.75) is 13.3 Å². The zero-order chi connectivity index (χ0) is 16.8. The van der Waals surface area contributed by atoms with E-state index >= 15 is 0 Å². The number of hydrogen-bond acceptors (Lipinski definition) is 5. The minimum atomic E-state index is -0.315. The molecular formula is C16H20N2O5. The highest BCUT2D eigenvalue weighted by Crippen LogP contribution is 2.32. The Hall–Kier alpha value is -2.41. The van der Waals surface area contributed by atoms with Gasteiger partial charge < -0.3 is 14.8 Å². The van der Waals surface area contributed by atoms with Gasteiger partial charge in [0.05, 0.1) is 5.69 Å². The van der Waals surface area contributed by atoms with Crippen LogP contribution in [0.25, 0.3) is 0 Å². The van der Waals surface area contributed by atoms with Crippen molar-refractivity contribution in [3.05, 3.63) is 23.8 Å². The van der Waals surface area contributed by atoms with Gasteiger partial charge in [-0.25, -0.2) is 0 Å². The van der Waals surface area contributed by atoms with Crippen LogP contribution in [0.5, 0.6) is 5.75 Å². The number of carbonyl (C=O) groups is 3. The predicted octanol–water partition coefficient (Wildman–Crippen LogP) is 0.767. The van der Waals surface area contributed by atoms with Crippen molar-refractivity contribution >= 4 is 23.3 Å². The molecule has 0 unspecified atom stereocenters. The van der Waals surface area contributed by atoms with E-state index in [4.69, 9.17) is 9.47 Å². The third-order valence-corrected chi connectivity index (χ3v) is 3.46. The Morgan fingerprint density at radius 3 is 2.87 bits per heavy atom. The number of carbonyl (C=O) groups excluding carboxylic acids is 3. The number of rotatable bonds is 7. The molecule has 2 amide bonds. The molecule has 1 heterocycles. The predicted molar refractivity (Wildman–Crippen MR) is 83.8 cm³/mol. The van der Waals surface area contributed by atoms with Gasteiger partial charge in [0.15, 0.2) is 12.4 Å². The fourth-order valence-corrected chi connectivity index (χ4v) is 2.24. The summed E-state index contributed by atoms with van der Waals surface area (Å²) in [4.78, 5) is 36.9. The van der Waals surface area contributed by atoms with Crippen molar-refractivity contribution in [3.8, 4) is 5.75 Å². The van der Waals surface area contributed by atoms with Crippen molar-refractivity contribution in [3.63, 3.8) is 0 Å². The SMILES string of the molecule is COCCCNC(=O)CN1C(=O)COc2ccc(C(C)=O)cc21. The topological polar surface area (TPSA) is 84.9 Å². The van der Waals surface area contributed by atoms with Gasteiger partial charge >= 0.3 is 0 Å². The Morgan fingerprint density at radius 2 is 2.17 bits per heavy atom. The van der Waals surface area contributed by atoms with E-state index in [1.54, 1.807) is 25.3 Å². The van der Waals surface area contributed by atoms with Crippen LogP contribution in [0.1, 0.15) is 23.7 Å². The Bertz CT molecular complexity index is 614. The highest BCUT2D eigenvalue weighted by Gasteiger charge is 2.27. The summed E-state index contributed by atoms with van der Waals surface area (Å²) in [5.41, 5.74) is 0.911. The molecule has 0 atom stereocenters. The summed E-state index contributed by atoms with van der Waals surface area (Å²) in [7, 11) is 1.59. The lowest BCUT2D eigenvalue weighted by molar-refractivity contribution is -0.125. The van der Waals surface area contributed by atoms with Crippen LogP contribution in [0.3, 0.4) is 0 Å². The highest BCUT2D eigenvalue weighted by atomic mass is 16.5. The Balaban J connectivity index is 2.09. The molecule has 7 heteroatoms. The number of Topliss-reactive ketones (excluding diaryl/α,β-unsaturated/α-hetero) is 1. The van der Waals surface area contributed by atoms with Crippen LogP contribution in [-0.4, -0.2) is 51.0 Å². The molecule has 0 spiro atoms. The molecule has 23 heavy (non-hydrogen) atoms. The van der Waals surface area contributed by atoms with E-state index < -0.39 is 0 Å². The number of ether oxygens (including phenoxy) is 2. The number of benzene rings is 1. The minimum Gasteiger partial charge on any atom is -0.482 e. The Morgan fingerprint density at radius 1 is 1.39 bits per heavy atom. The van der Waals surface area contributed by atoms with Crippen LogP contribution >= 0.6 is 0 Å². The number of nitrogens with zero attached hydrogens (tertiary/aromatic N) is 1. The lowest BCUT2D eigenvalue weighted by Crippen LogP contribution is -2.45. The van der Waals surface area contributed by atoms with Gasteiger partial charge in [-0.3, -0.25) is 19.3 Å². The summed E-state index contributed by atoms with van der Waals surface area (Å²) in [5, 5.41) is 2.73. The zero-order valence-corrected chi connectivity index (χ0v) is 13.3. The van der Waals surface area contributed by atoms with E-state index in [0.29, 0.717) is 36.6 Å². The maximum atomic E-state index is 12.1. The first kappa shape index (κ1) is 17.0. The highest BCUT2D eigenvalue weighted by molar-refractivity contribution is 6.04. The standard InChI is InChI=1S/C16H20N2O5/c1-11(19)12-4-5-14-13(8-12)18(16(21)10-23-14)9-15(20)17-6-3-7-22-2/h4-5,8H,3,6-7,9-10H2,1-2H3,(H,17,20). The second-order valence-corrected chi connectivity index (χ2v) is 5.20. The number of fused-ring (bicyclic) bond motifs is 1. The van der Waals surface area contributed by atoms with Gasteiger partial charge in [0.2, 0.25) is 5.91 Å². The smallest absolute Gasteiger partial charge is 0.265 e. The number of anilines is 1. The number of ketones is 1. The molecule has 0 saturated carbocycles. The van der Waals surface area contributed by atoms with Crippen LogP contribution in [0.2, 0.25) is 0 Å². The number of amides is 2. The van der Waals surface area contributed by atoms with Crippen molar-refractivity contribution in [2.75, 3.05) is 38.3 Å². The van der Waals surface area contributed by atoms with E-state index in [-0.39, 0.29) is 30.7 Å². The van der Waals surface area contributed by atoms with Gasteiger partial charge in [-0.2, -0.15) is 0 Å². The molecule has 1 aliphatic rings. The fraction of sp³-hybridized carbons (Fsp3) is 0.438.